The first-order chi connectivity index (χ1) is 8.87. The molecule has 0 radical (unpaired) electrons. The second kappa shape index (κ2) is 6.56. The summed E-state index contributed by atoms with van der Waals surface area (Å²) < 4.78 is 0. The number of carbonyl (C=O) groups is 2. The van der Waals surface area contributed by atoms with Crippen LogP contribution in [-0.4, -0.2) is 28.7 Å². The third kappa shape index (κ3) is 4.55. The van der Waals surface area contributed by atoms with Gasteiger partial charge in [-0.1, -0.05) is 13.0 Å². The molecule has 1 rings (SSSR count). The Hall–Kier alpha value is -1.56. The Morgan fingerprint density at radius 1 is 1.53 bits per heavy atom. The number of carboxylic acid groups (broad SMARTS) is 1. The molecule has 1 aromatic heterocycles. The topological polar surface area (TPSA) is 78.4 Å². The first kappa shape index (κ1) is 15.5. The quantitative estimate of drug-likeness (QED) is 0.749. The summed E-state index contributed by atoms with van der Waals surface area (Å²) >= 11 is 1.64. The Labute approximate surface area is 117 Å². The van der Waals surface area contributed by atoms with E-state index in [0.29, 0.717) is 6.42 Å². The summed E-state index contributed by atoms with van der Waals surface area (Å²) in [4.78, 5) is 24.1. The highest BCUT2D eigenvalue weighted by Gasteiger charge is 2.32. The van der Waals surface area contributed by atoms with Crippen LogP contribution in [0.3, 0.4) is 0 Å². The number of aliphatic carboxylic acids is 1. The highest BCUT2D eigenvalue weighted by atomic mass is 32.1. The van der Waals surface area contributed by atoms with E-state index in [9.17, 15) is 9.59 Å². The average molecular weight is 284 g/mol. The van der Waals surface area contributed by atoms with E-state index in [0.717, 1.165) is 6.42 Å². The van der Waals surface area contributed by atoms with E-state index in [4.69, 9.17) is 5.11 Å². The molecule has 1 aromatic rings. The molecule has 5 nitrogen and oxygen atoms in total. The van der Waals surface area contributed by atoms with Crippen LogP contribution in [0.2, 0.25) is 0 Å². The van der Waals surface area contributed by atoms with Crippen LogP contribution >= 0.6 is 11.3 Å². The van der Waals surface area contributed by atoms with E-state index >= 15 is 0 Å². The Kier molecular flexibility index (Phi) is 5.35. The Bertz CT molecular complexity index is 433. The minimum atomic E-state index is -1.23. The third-order valence-corrected chi connectivity index (χ3v) is 3.93. The molecule has 2 amide bonds. The van der Waals surface area contributed by atoms with Crippen molar-refractivity contribution in [1.29, 1.82) is 0 Å². The second-order valence-electron chi connectivity index (χ2n) is 4.77. The molecule has 6 heteroatoms. The summed E-state index contributed by atoms with van der Waals surface area (Å²) in [6.45, 7) is 5.12. The first-order valence-corrected chi connectivity index (χ1v) is 7.10. The van der Waals surface area contributed by atoms with Gasteiger partial charge in [0.05, 0.1) is 0 Å². The van der Waals surface area contributed by atoms with E-state index < -0.39 is 17.5 Å². The summed E-state index contributed by atoms with van der Waals surface area (Å²) in [6.07, 6.45) is 1.07. The summed E-state index contributed by atoms with van der Waals surface area (Å²) in [5.74, 6) is -1.03. The smallest absolute Gasteiger partial charge is 0.329 e. The van der Waals surface area contributed by atoms with Crippen LogP contribution in [0.15, 0.2) is 17.5 Å². The number of amides is 2. The van der Waals surface area contributed by atoms with Crippen molar-refractivity contribution >= 4 is 23.3 Å². The van der Waals surface area contributed by atoms with Gasteiger partial charge in [0, 0.05) is 17.3 Å². The van der Waals surface area contributed by atoms with Crippen molar-refractivity contribution in [3.05, 3.63) is 22.4 Å². The number of carbonyl (C=O) groups excluding carboxylic acids is 1. The van der Waals surface area contributed by atoms with Crippen molar-refractivity contribution in [2.45, 2.75) is 45.2 Å². The maximum absolute atomic E-state index is 11.8. The standard InChI is InChI=1S/C13H20N2O3S/c1-4-13(3,11(16)17)15-12(18)14-9(2)8-10-6-5-7-19-10/h5-7,9H,4,8H2,1-3H3,(H,16,17)(H2,14,15,18). The molecule has 0 aromatic carbocycles. The van der Waals surface area contributed by atoms with E-state index in [1.807, 2.05) is 24.4 Å². The molecule has 19 heavy (non-hydrogen) atoms. The van der Waals surface area contributed by atoms with Gasteiger partial charge in [-0.05, 0) is 31.7 Å². The minimum Gasteiger partial charge on any atom is -0.480 e. The lowest BCUT2D eigenvalue weighted by Gasteiger charge is -2.25. The molecular formula is C13H20N2O3S. The zero-order valence-corrected chi connectivity index (χ0v) is 12.2. The second-order valence-corrected chi connectivity index (χ2v) is 5.81. The molecular weight excluding hydrogens is 264 g/mol. The lowest BCUT2D eigenvalue weighted by Crippen LogP contribution is -2.56. The molecule has 0 bridgehead atoms. The summed E-state index contributed by atoms with van der Waals surface area (Å²) in [5.41, 5.74) is -1.23. The normalized spacial score (nSPS) is 15.3. The zero-order valence-electron chi connectivity index (χ0n) is 11.4. The zero-order chi connectivity index (χ0) is 14.5. The van der Waals surface area contributed by atoms with Crippen molar-refractivity contribution in [1.82, 2.24) is 10.6 Å². The number of urea groups is 1. The predicted octanol–water partition coefficient (Wildman–Crippen LogP) is 2.23. The van der Waals surface area contributed by atoms with Crippen LogP contribution in [0.4, 0.5) is 4.79 Å². The van der Waals surface area contributed by atoms with Crippen LogP contribution in [-0.2, 0) is 11.2 Å². The maximum Gasteiger partial charge on any atom is 0.329 e. The molecule has 3 N–H and O–H groups in total. The fourth-order valence-corrected chi connectivity index (χ4v) is 2.42. The Balaban J connectivity index is 2.48. The average Bonchev–Trinajstić information content (AvgIpc) is 2.80. The fourth-order valence-electron chi connectivity index (χ4n) is 1.59. The molecule has 0 aliphatic heterocycles. The van der Waals surface area contributed by atoms with Crippen LogP contribution in [0, 0.1) is 0 Å². The third-order valence-electron chi connectivity index (χ3n) is 3.03. The monoisotopic (exact) mass is 284 g/mol. The fraction of sp³-hybridized carbons (Fsp3) is 0.538. The number of rotatable bonds is 6. The highest BCUT2D eigenvalue weighted by molar-refractivity contribution is 7.09. The van der Waals surface area contributed by atoms with Crippen molar-refractivity contribution in [3.8, 4) is 0 Å². The number of carboxylic acids is 1. The Morgan fingerprint density at radius 3 is 2.68 bits per heavy atom. The van der Waals surface area contributed by atoms with Crippen molar-refractivity contribution < 1.29 is 14.7 Å². The van der Waals surface area contributed by atoms with Gasteiger partial charge in [-0.15, -0.1) is 11.3 Å². The van der Waals surface area contributed by atoms with Crippen LogP contribution in [0.1, 0.15) is 32.1 Å². The first-order valence-electron chi connectivity index (χ1n) is 6.22. The molecule has 0 spiro atoms. The van der Waals surface area contributed by atoms with E-state index in [-0.39, 0.29) is 6.04 Å². The maximum atomic E-state index is 11.8. The van der Waals surface area contributed by atoms with Crippen LogP contribution in [0.5, 0.6) is 0 Å². The number of nitrogens with one attached hydrogen (secondary N) is 2. The van der Waals surface area contributed by atoms with Gasteiger partial charge in [0.25, 0.3) is 0 Å². The summed E-state index contributed by atoms with van der Waals surface area (Å²) in [6, 6.07) is 3.48. The van der Waals surface area contributed by atoms with Crippen molar-refractivity contribution in [3.63, 3.8) is 0 Å². The highest BCUT2D eigenvalue weighted by Crippen LogP contribution is 2.12. The van der Waals surface area contributed by atoms with E-state index in [1.165, 1.54) is 11.8 Å². The van der Waals surface area contributed by atoms with Crippen LogP contribution < -0.4 is 10.6 Å². The van der Waals surface area contributed by atoms with E-state index in [1.54, 1.807) is 18.3 Å². The molecule has 0 saturated carbocycles. The van der Waals surface area contributed by atoms with Gasteiger partial charge in [-0.25, -0.2) is 9.59 Å². The number of hydrogen-bond donors (Lipinski definition) is 3. The largest absolute Gasteiger partial charge is 0.480 e. The summed E-state index contributed by atoms with van der Waals surface area (Å²) in [7, 11) is 0. The molecule has 0 aliphatic carbocycles. The molecule has 0 aliphatic rings. The van der Waals surface area contributed by atoms with Gasteiger partial charge in [0.15, 0.2) is 0 Å². The molecule has 2 atom stereocenters. The lowest BCUT2D eigenvalue weighted by atomic mass is 10.00. The molecule has 0 fully saturated rings. The summed E-state index contributed by atoms with van der Waals surface area (Å²) in [5, 5.41) is 16.3. The van der Waals surface area contributed by atoms with Crippen molar-refractivity contribution in [2.24, 2.45) is 0 Å². The van der Waals surface area contributed by atoms with Crippen molar-refractivity contribution in [2.75, 3.05) is 0 Å². The van der Waals surface area contributed by atoms with E-state index in [2.05, 4.69) is 10.6 Å². The molecule has 106 valence electrons. The molecule has 0 saturated heterocycles. The van der Waals surface area contributed by atoms with Gasteiger partial charge in [0.1, 0.15) is 5.54 Å². The van der Waals surface area contributed by atoms with Gasteiger partial charge in [-0.2, -0.15) is 0 Å². The van der Waals surface area contributed by atoms with Gasteiger partial charge in [0.2, 0.25) is 0 Å². The number of thiophene rings is 1. The lowest BCUT2D eigenvalue weighted by molar-refractivity contribution is -0.143. The number of hydrogen-bond acceptors (Lipinski definition) is 3. The molecule has 1 heterocycles. The molecule has 2 unspecified atom stereocenters. The Morgan fingerprint density at radius 2 is 2.21 bits per heavy atom. The van der Waals surface area contributed by atoms with Crippen LogP contribution in [0.25, 0.3) is 0 Å². The van der Waals surface area contributed by atoms with Gasteiger partial charge >= 0.3 is 12.0 Å². The predicted molar refractivity (Wildman–Crippen MR) is 75.5 cm³/mol. The SMILES string of the molecule is CCC(C)(NC(=O)NC(C)Cc1cccs1)C(=O)O. The minimum absolute atomic E-state index is 0.0476. The van der Waals surface area contributed by atoms with Gasteiger partial charge < -0.3 is 15.7 Å². The van der Waals surface area contributed by atoms with Gasteiger partial charge in [-0.3, -0.25) is 0 Å².